The fourth-order valence-corrected chi connectivity index (χ4v) is 5.78. The van der Waals surface area contributed by atoms with Gasteiger partial charge < -0.3 is 14.4 Å². The quantitative estimate of drug-likeness (QED) is 0.634. The lowest BCUT2D eigenvalue weighted by Gasteiger charge is -2.35. The first-order valence-electron chi connectivity index (χ1n) is 10.4. The number of benzene rings is 2. The molecule has 8 heteroatoms. The molecule has 0 aliphatic carbocycles. The van der Waals surface area contributed by atoms with E-state index in [1.807, 2.05) is 32.2 Å². The molecule has 0 amide bonds. The van der Waals surface area contributed by atoms with Gasteiger partial charge >= 0.3 is 0 Å². The van der Waals surface area contributed by atoms with Gasteiger partial charge in [-0.2, -0.15) is 4.31 Å². The first-order chi connectivity index (χ1) is 14.8. The molecule has 2 heterocycles. The van der Waals surface area contributed by atoms with Crippen LogP contribution in [0.25, 0.3) is 10.9 Å². The van der Waals surface area contributed by atoms with Gasteiger partial charge in [-0.15, -0.1) is 0 Å². The minimum atomic E-state index is -3.54. The van der Waals surface area contributed by atoms with E-state index in [0.717, 1.165) is 22.2 Å². The summed E-state index contributed by atoms with van der Waals surface area (Å²) in [6.07, 6.45) is -0.629. The van der Waals surface area contributed by atoms with Gasteiger partial charge in [0.05, 0.1) is 18.1 Å². The molecule has 3 aromatic rings. The van der Waals surface area contributed by atoms with E-state index in [2.05, 4.69) is 15.5 Å². The molecule has 166 valence electrons. The average Bonchev–Trinajstić information content (AvgIpc) is 3.04. The lowest BCUT2D eigenvalue weighted by Crippen LogP contribution is -2.49. The lowest BCUT2D eigenvalue weighted by atomic mass is 10.0. The van der Waals surface area contributed by atoms with Gasteiger partial charge in [0.25, 0.3) is 0 Å². The molecule has 0 saturated carbocycles. The smallest absolute Gasteiger partial charge is 0.243 e. The number of hydrogen-bond donors (Lipinski definition) is 1. The van der Waals surface area contributed by atoms with E-state index in [-0.39, 0.29) is 4.90 Å². The molecule has 1 aromatic heterocycles. The Morgan fingerprint density at radius 2 is 1.68 bits per heavy atom. The van der Waals surface area contributed by atoms with Crippen LogP contribution in [0, 0.1) is 6.92 Å². The van der Waals surface area contributed by atoms with Gasteiger partial charge in [0, 0.05) is 61.9 Å². The van der Waals surface area contributed by atoms with Crippen molar-refractivity contribution in [3.05, 3.63) is 59.8 Å². The van der Waals surface area contributed by atoms with Crippen LogP contribution < -0.4 is 4.74 Å². The number of β-amino-alcohol motifs (C(OH)–C–C–N with tert-alkyl or cyclic N) is 1. The van der Waals surface area contributed by atoms with Gasteiger partial charge in [-0.05, 0) is 37.3 Å². The first-order valence-corrected chi connectivity index (χ1v) is 11.9. The van der Waals surface area contributed by atoms with Crippen LogP contribution in [-0.2, 0) is 17.1 Å². The summed E-state index contributed by atoms with van der Waals surface area (Å²) in [7, 11) is 0.0251. The Hall–Kier alpha value is -2.39. The van der Waals surface area contributed by atoms with Gasteiger partial charge in [0.2, 0.25) is 10.0 Å². The molecule has 1 N–H and O–H groups in total. The molecule has 1 saturated heterocycles. The molecule has 1 aliphatic rings. The van der Waals surface area contributed by atoms with E-state index in [1.54, 1.807) is 31.4 Å². The predicted octanol–water partition coefficient (Wildman–Crippen LogP) is 2.54. The molecule has 2 aromatic carbocycles. The second-order valence-electron chi connectivity index (χ2n) is 7.97. The maximum absolute atomic E-state index is 12.9. The summed E-state index contributed by atoms with van der Waals surface area (Å²) in [5, 5.41) is 12.1. The summed E-state index contributed by atoms with van der Waals surface area (Å²) in [5.74, 6) is 0.626. The van der Waals surface area contributed by atoms with Crippen LogP contribution in [-0.4, -0.2) is 67.1 Å². The number of aryl methyl sites for hydroxylation is 1. The van der Waals surface area contributed by atoms with E-state index >= 15 is 0 Å². The highest BCUT2D eigenvalue weighted by Crippen LogP contribution is 2.31. The van der Waals surface area contributed by atoms with E-state index < -0.39 is 16.1 Å². The highest BCUT2D eigenvalue weighted by molar-refractivity contribution is 7.89. The lowest BCUT2D eigenvalue weighted by molar-refractivity contribution is 0.0925. The average molecular weight is 444 g/mol. The summed E-state index contributed by atoms with van der Waals surface area (Å²) in [5.41, 5.74) is 3.10. The fourth-order valence-electron chi connectivity index (χ4n) is 4.36. The van der Waals surface area contributed by atoms with Crippen molar-refractivity contribution in [1.29, 1.82) is 0 Å². The number of aromatic nitrogens is 1. The van der Waals surface area contributed by atoms with Crippen LogP contribution in [0.5, 0.6) is 5.75 Å². The zero-order chi connectivity index (χ0) is 22.2. The molecule has 1 atom stereocenters. The Balaban J connectivity index is 1.43. The summed E-state index contributed by atoms with van der Waals surface area (Å²) in [6, 6.07) is 14.6. The molecular formula is C23H29N3O4S. The number of fused-ring (bicyclic) bond motifs is 1. The number of para-hydroxylation sites is 1. The largest absolute Gasteiger partial charge is 0.497 e. The Morgan fingerprint density at radius 3 is 2.32 bits per heavy atom. The Kier molecular flexibility index (Phi) is 6.07. The Labute approximate surface area is 183 Å². The van der Waals surface area contributed by atoms with Crippen molar-refractivity contribution in [2.75, 3.05) is 39.8 Å². The standard InChI is InChI=1S/C23H29N3O4S/c1-17-23(20-6-4-5-7-21(20)24(17)2)22(27)16-25-12-14-26(15-13-25)31(28,29)19-10-8-18(30-3)9-11-19/h4-11,22,27H,12-16H2,1-3H3. The van der Waals surface area contributed by atoms with Gasteiger partial charge in [-0.3, -0.25) is 4.90 Å². The molecule has 4 rings (SSSR count). The minimum Gasteiger partial charge on any atom is -0.497 e. The topological polar surface area (TPSA) is 75.0 Å². The van der Waals surface area contributed by atoms with Crippen molar-refractivity contribution >= 4 is 20.9 Å². The molecule has 1 aliphatic heterocycles. The van der Waals surface area contributed by atoms with Gasteiger partial charge in [0.15, 0.2) is 0 Å². The van der Waals surface area contributed by atoms with E-state index in [0.29, 0.717) is 38.5 Å². The van der Waals surface area contributed by atoms with Crippen LogP contribution in [0.15, 0.2) is 53.4 Å². The van der Waals surface area contributed by atoms with Gasteiger partial charge in [0.1, 0.15) is 5.75 Å². The molecule has 0 bridgehead atoms. The minimum absolute atomic E-state index is 0.271. The normalized spacial score (nSPS) is 17.2. The summed E-state index contributed by atoms with van der Waals surface area (Å²) >= 11 is 0. The second-order valence-corrected chi connectivity index (χ2v) is 9.91. The number of nitrogens with zero attached hydrogens (tertiary/aromatic N) is 3. The highest BCUT2D eigenvalue weighted by Gasteiger charge is 2.30. The molecule has 1 unspecified atom stereocenters. The maximum Gasteiger partial charge on any atom is 0.243 e. The molecule has 7 nitrogen and oxygen atoms in total. The number of methoxy groups -OCH3 is 1. The van der Waals surface area contributed by atoms with Crippen molar-refractivity contribution in [2.24, 2.45) is 7.05 Å². The highest BCUT2D eigenvalue weighted by atomic mass is 32.2. The Morgan fingerprint density at radius 1 is 1.03 bits per heavy atom. The third-order valence-electron chi connectivity index (χ3n) is 6.24. The van der Waals surface area contributed by atoms with Crippen molar-refractivity contribution in [3.63, 3.8) is 0 Å². The zero-order valence-corrected chi connectivity index (χ0v) is 19.0. The monoisotopic (exact) mass is 443 g/mol. The van der Waals surface area contributed by atoms with Crippen molar-refractivity contribution in [1.82, 2.24) is 13.8 Å². The molecule has 31 heavy (non-hydrogen) atoms. The fraction of sp³-hybridized carbons (Fsp3) is 0.391. The zero-order valence-electron chi connectivity index (χ0n) is 18.2. The second kappa shape index (κ2) is 8.63. The third-order valence-corrected chi connectivity index (χ3v) is 8.15. The molecule has 1 fully saturated rings. The van der Waals surface area contributed by atoms with Crippen LogP contribution in [0.4, 0.5) is 0 Å². The number of hydrogen-bond acceptors (Lipinski definition) is 5. The van der Waals surface area contributed by atoms with E-state index in [4.69, 9.17) is 4.74 Å². The summed E-state index contributed by atoms with van der Waals surface area (Å²) < 4.78 is 34.6. The first kappa shape index (κ1) is 21.8. The number of ether oxygens (including phenoxy) is 1. The van der Waals surface area contributed by atoms with E-state index in [1.165, 1.54) is 4.31 Å². The predicted molar refractivity (Wildman–Crippen MR) is 121 cm³/mol. The molecule has 0 spiro atoms. The molecular weight excluding hydrogens is 414 g/mol. The van der Waals surface area contributed by atoms with Crippen LogP contribution >= 0.6 is 0 Å². The van der Waals surface area contributed by atoms with Crippen molar-refractivity contribution in [2.45, 2.75) is 17.9 Å². The van der Waals surface area contributed by atoms with Gasteiger partial charge in [-0.25, -0.2) is 8.42 Å². The summed E-state index contributed by atoms with van der Waals surface area (Å²) in [6.45, 7) is 4.46. The summed E-state index contributed by atoms with van der Waals surface area (Å²) in [4.78, 5) is 2.40. The van der Waals surface area contributed by atoms with E-state index in [9.17, 15) is 13.5 Å². The van der Waals surface area contributed by atoms with Crippen LogP contribution in [0.2, 0.25) is 0 Å². The molecule has 0 radical (unpaired) electrons. The Bertz CT molecular complexity index is 1160. The number of aliphatic hydroxyl groups excluding tert-OH is 1. The van der Waals surface area contributed by atoms with Crippen LogP contribution in [0.1, 0.15) is 17.4 Å². The maximum atomic E-state index is 12.9. The SMILES string of the molecule is COc1ccc(S(=O)(=O)N2CCN(CC(O)c3c(C)n(C)c4ccccc34)CC2)cc1. The number of sulfonamides is 1. The van der Waals surface area contributed by atoms with Crippen LogP contribution in [0.3, 0.4) is 0 Å². The number of aliphatic hydroxyl groups is 1. The third kappa shape index (κ3) is 4.08. The van der Waals surface area contributed by atoms with Crippen molar-refractivity contribution < 1.29 is 18.3 Å². The number of piperazine rings is 1. The van der Waals surface area contributed by atoms with Gasteiger partial charge in [-0.1, -0.05) is 18.2 Å². The number of rotatable bonds is 6. The van der Waals surface area contributed by atoms with Crippen molar-refractivity contribution in [3.8, 4) is 5.75 Å².